The molecule has 26 heavy (non-hydrogen) atoms. The Morgan fingerprint density at radius 1 is 1.04 bits per heavy atom. The first-order valence-electron chi connectivity index (χ1n) is 8.87. The lowest BCUT2D eigenvalue weighted by molar-refractivity contribution is 0.0523. The van der Waals surface area contributed by atoms with E-state index in [1.54, 1.807) is 13.0 Å². The zero-order valence-electron chi connectivity index (χ0n) is 16.4. The summed E-state index contributed by atoms with van der Waals surface area (Å²) in [6, 6.07) is 5.61. The van der Waals surface area contributed by atoms with Gasteiger partial charge in [0.1, 0.15) is 5.75 Å². The smallest absolute Gasteiger partial charge is 0.338 e. The minimum absolute atomic E-state index is 0.149. The van der Waals surface area contributed by atoms with E-state index in [1.165, 1.54) is 6.92 Å². The van der Waals surface area contributed by atoms with Gasteiger partial charge in [-0.2, -0.15) is 0 Å². The van der Waals surface area contributed by atoms with Crippen molar-refractivity contribution in [3.63, 3.8) is 0 Å². The van der Waals surface area contributed by atoms with Crippen LogP contribution in [0.5, 0.6) is 5.75 Å². The van der Waals surface area contributed by atoms with Crippen molar-refractivity contribution in [1.29, 1.82) is 0 Å². The van der Waals surface area contributed by atoms with Crippen molar-refractivity contribution in [2.24, 2.45) is 0 Å². The summed E-state index contributed by atoms with van der Waals surface area (Å²) in [5.74, 6) is 0.107. The minimum atomic E-state index is -0.478. The largest absolute Gasteiger partial charge is 0.494 e. The van der Waals surface area contributed by atoms with Gasteiger partial charge in [-0.25, -0.2) is 4.79 Å². The van der Waals surface area contributed by atoms with E-state index < -0.39 is 5.97 Å². The summed E-state index contributed by atoms with van der Waals surface area (Å²) < 4.78 is 10.9. The first-order chi connectivity index (χ1) is 12.3. The van der Waals surface area contributed by atoms with Crippen LogP contribution in [-0.4, -0.2) is 25.0 Å². The Balaban J connectivity index is 2.92. The molecule has 0 atom stereocenters. The van der Waals surface area contributed by atoms with E-state index in [-0.39, 0.29) is 12.4 Å². The summed E-state index contributed by atoms with van der Waals surface area (Å²) >= 11 is 0. The maximum atomic E-state index is 12.4. The molecule has 0 unspecified atom stereocenters. The highest BCUT2D eigenvalue weighted by molar-refractivity contribution is 6.12. The van der Waals surface area contributed by atoms with E-state index >= 15 is 0 Å². The standard InChI is InChI=1S/C22H26O4/c1-7-25-18-10-16(9-13(3)4)21-14(5)20(15(6)23)19(12-17(21)11-18)22(24)26-8-2/h9-12H,7-8H2,1-6H3. The highest BCUT2D eigenvalue weighted by Crippen LogP contribution is 2.34. The number of rotatable bonds is 6. The second kappa shape index (κ2) is 8.17. The van der Waals surface area contributed by atoms with Gasteiger partial charge < -0.3 is 9.47 Å². The number of benzene rings is 2. The fraction of sp³-hybridized carbons (Fsp3) is 0.364. The first-order valence-corrected chi connectivity index (χ1v) is 8.87. The number of ketones is 1. The van der Waals surface area contributed by atoms with E-state index in [0.29, 0.717) is 17.7 Å². The summed E-state index contributed by atoms with van der Waals surface area (Å²) in [5.41, 5.74) is 3.62. The maximum absolute atomic E-state index is 12.4. The molecule has 0 aromatic heterocycles. The van der Waals surface area contributed by atoms with E-state index in [2.05, 4.69) is 6.08 Å². The van der Waals surface area contributed by atoms with Crippen LogP contribution >= 0.6 is 0 Å². The summed E-state index contributed by atoms with van der Waals surface area (Å²) in [5, 5.41) is 1.81. The number of allylic oxidation sites excluding steroid dienone is 1. The van der Waals surface area contributed by atoms with E-state index in [4.69, 9.17) is 9.47 Å². The van der Waals surface area contributed by atoms with E-state index in [0.717, 1.165) is 33.2 Å². The Hall–Kier alpha value is -2.62. The Morgan fingerprint density at radius 3 is 2.27 bits per heavy atom. The maximum Gasteiger partial charge on any atom is 0.338 e. The molecule has 0 saturated carbocycles. The number of hydrogen-bond donors (Lipinski definition) is 0. The number of ether oxygens (including phenoxy) is 2. The predicted octanol–water partition coefficient (Wildman–Crippen LogP) is 5.35. The third kappa shape index (κ3) is 3.96. The second-order valence-corrected chi connectivity index (χ2v) is 6.47. The van der Waals surface area contributed by atoms with Gasteiger partial charge in [0.05, 0.1) is 18.8 Å². The van der Waals surface area contributed by atoms with Crippen molar-refractivity contribution in [3.05, 3.63) is 46.0 Å². The molecule has 0 N–H and O–H groups in total. The molecule has 2 aromatic rings. The summed E-state index contributed by atoms with van der Waals surface area (Å²) in [6.45, 7) is 11.9. The number of aryl methyl sites for hydroxylation is 1. The average molecular weight is 354 g/mol. The minimum Gasteiger partial charge on any atom is -0.494 e. The van der Waals surface area contributed by atoms with Crippen LogP contribution < -0.4 is 4.74 Å². The molecule has 0 saturated heterocycles. The van der Waals surface area contributed by atoms with Gasteiger partial charge in [0, 0.05) is 5.56 Å². The highest BCUT2D eigenvalue weighted by atomic mass is 16.5. The van der Waals surface area contributed by atoms with Crippen LogP contribution in [0.1, 0.15) is 66.5 Å². The molecular weight excluding hydrogens is 328 g/mol. The second-order valence-electron chi connectivity index (χ2n) is 6.47. The Kier molecular flexibility index (Phi) is 6.19. The lowest BCUT2D eigenvalue weighted by Gasteiger charge is -2.16. The van der Waals surface area contributed by atoms with E-state index in [1.807, 2.05) is 39.8 Å². The van der Waals surface area contributed by atoms with E-state index in [9.17, 15) is 9.59 Å². The lowest BCUT2D eigenvalue weighted by atomic mass is 9.89. The van der Waals surface area contributed by atoms with Crippen LogP contribution in [0, 0.1) is 6.92 Å². The van der Waals surface area contributed by atoms with Crippen molar-refractivity contribution < 1.29 is 19.1 Å². The average Bonchev–Trinajstić information content (AvgIpc) is 2.53. The van der Waals surface area contributed by atoms with Crippen molar-refractivity contribution in [2.45, 2.75) is 41.5 Å². The van der Waals surface area contributed by atoms with Gasteiger partial charge in [0.15, 0.2) is 5.78 Å². The quantitative estimate of drug-likeness (QED) is 0.518. The van der Waals surface area contributed by atoms with Gasteiger partial charge in [-0.05, 0) is 81.6 Å². The number of fused-ring (bicyclic) bond motifs is 1. The first kappa shape index (κ1) is 19.7. The van der Waals surface area contributed by atoms with Crippen molar-refractivity contribution >= 4 is 28.6 Å². The zero-order chi connectivity index (χ0) is 19.4. The van der Waals surface area contributed by atoms with Gasteiger partial charge >= 0.3 is 5.97 Å². The normalized spacial score (nSPS) is 10.5. The van der Waals surface area contributed by atoms with Gasteiger partial charge in [-0.15, -0.1) is 0 Å². The number of carbonyl (C=O) groups excluding carboxylic acids is 2. The van der Waals surface area contributed by atoms with Gasteiger partial charge in [-0.3, -0.25) is 4.79 Å². The molecule has 0 spiro atoms. The van der Waals surface area contributed by atoms with Crippen molar-refractivity contribution in [2.75, 3.05) is 13.2 Å². The highest BCUT2D eigenvalue weighted by Gasteiger charge is 2.22. The molecule has 0 aliphatic rings. The molecule has 138 valence electrons. The van der Waals surface area contributed by atoms with Crippen LogP contribution in [0.4, 0.5) is 0 Å². The molecule has 0 radical (unpaired) electrons. The molecule has 0 heterocycles. The summed E-state index contributed by atoms with van der Waals surface area (Å²) in [7, 11) is 0. The molecule has 0 amide bonds. The predicted molar refractivity (Wildman–Crippen MR) is 105 cm³/mol. The summed E-state index contributed by atoms with van der Waals surface area (Å²) in [6.07, 6.45) is 2.06. The van der Waals surface area contributed by atoms with Crippen molar-refractivity contribution in [3.8, 4) is 5.75 Å². The van der Waals surface area contributed by atoms with Crippen LogP contribution in [0.15, 0.2) is 23.8 Å². The van der Waals surface area contributed by atoms with Gasteiger partial charge in [0.2, 0.25) is 0 Å². The molecule has 2 aromatic carbocycles. The van der Waals surface area contributed by atoms with Gasteiger partial charge in [-0.1, -0.05) is 11.6 Å². The molecule has 0 aliphatic carbocycles. The lowest BCUT2D eigenvalue weighted by Crippen LogP contribution is -2.13. The Bertz CT molecular complexity index is 887. The number of Topliss-reactive ketones (excluding diaryl/α,β-unsaturated/α-hetero) is 1. The Morgan fingerprint density at radius 2 is 1.73 bits per heavy atom. The zero-order valence-corrected chi connectivity index (χ0v) is 16.4. The van der Waals surface area contributed by atoms with Crippen LogP contribution in [0.3, 0.4) is 0 Å². The molecular formula is C22H26O4. The molecule has 4 nitrogen and oxygen atoms in total. The summed E-state index contributed by atoms with van der Waals surface area (Å²) in [4.78, 5) is 24.7. The number of carbonyl (C=O) groups is 2. The molecule has 2 rings (SSSR count). The molecule has 0 fully saturated rings. The fourth-order valence-electron chi connectivity index (χ4n) is 3.26. The molecule has 0 aliphatic heterocycles. The van der Waals surface area contributed by atoms with Crippen molar-refractivity contribution in [1.82, 2.24) is 0 Å². The van der Waals surface area contributed by atoms with Crippen LogP contribution in [-0.2, 0) is 4.74 Å². The Labute approximate surface area is 154 Å². The third-order valence-electron chi connectivity index (χ3n) is 4.09. The number of esters is 1. The topological polar surface area (TPSA) is 52.6 Å². The van der Waals surface area contributed by atoms with Crippen LogP contribution in [0.25, 0.3) is 16.8 Å². The number of hydrogen-bond acceptors (Lipinski definition) is 4. The van der Waals surface area contributed by atoms with Gasteiger partial charge in [0.25, 0.3) is 0 Å². The molecule has 0 bridgehead atoms. The van der Waals surface area contributed by atoms with Crippen LogP contribution in [0.2, 0.25) is 0 Å². The SMILES string of the molecule is CCOC(=O)c1cc2cc(OCC)cc(C=C(C)C)c2c(C)c1C(C)=O. The molecule has 4 heteroatoms. The third-order valence-corrected chi connectivity index (χ3v) is 4.09. The monoisotopic (exact) mass is 354 g/mol. The fourth-order valence-corrected chi connectivity index (χ4v) is 3.26.